The van der Waals surface area contributed by atoms with E-state index in [9.17, 15) is 0 Å². The quantitative estimate of drug-likeness (QED) is 0.731. The second-order valence-electron chi connectivity index (χ2n) is 5.12. The van der Waals surface area contributed by atoms with Crippen molar-refractivity contribution in [2.24, 2.45) is 17.8 Å². The van der Waals surface area contributed by atoms with E-state index in [4.69, 9.17) is 4.74 Å². The molecule has 2 aliphatic rings. The lowest BCUT2D eigenvalue weighted by molar-refractivity contribution is 0.0129. The fourth-order valence-corrected chi connectivity index (χ4v) is 3.03. The number of hydrogen-bond donors (Lipinski definition) is 1. The van der Waals surface area contributed by atoms with Gasteiger partial charge in [0, 0.05) is 6.61 Å². The molecule has 0 aromatic carbocycles. The van der Waals surface area contributed by atoms with Crippen LogP contribution in [0.2, 0.25) is 0 Å². The van der Waals surface area contributed by atoms with Gasteiger partial charge in [0.25, 0.3) is 0 Å². The average Bonchev–Trinajstić information content (AvgIpc) is 2.70. The lowest BCUT2D eigenvalue weighted by atomic mass is 9.75. The zero-order valence-corrected chi connectivity index (χ0v) is 9.46. The molecule has 0 radical (unpaired) electrons. The van der Waals surface area contributed by atoms with Crippen molar-refractivity contribution in [1.82, 2.24) is 5.32 Å². The van der Waals surface area contributed by atoms with E-state index in [0.717, 1.165) is 24.4 Å². The molecule has 0 spiro atoms. The molecule has 0 amide bonds. The summed E-state index contributed by atoms with van der Waals surface area (Å²) in [7, 11) is 0. The van der Waals surface area contributed by atoms with Crippen LogP contribution in [-0.4, -0.2) is 25.8 Å². The maximum Gasteiger partial charge on any atom is 0.0607 e. The van der Waals surface area contributed by atoms with Gasteiger partial charge in [0.15, 0.2) is 0 Å². The Labute approximate surface area is 87.4 Å². The molecule has 1 N–H and O–H groups in total. The van der Waals surface area contributed by atoms with Crippen LogP contribution in [0.3, 0.4) is 0 Å². The number of rotatable bonds is 2. The molecule has 0 bridgehead atoms. The first-order valence-corrected chi connectivity index (χ1v) is 6.11. The summed E-state index contributed by atoms with van der Waals surface area (Å²) < 4.78 is 5.85. The standard InChI is InChI=1S/C12H23NO/c1-9(2)11-8-13-6-5-10(11)12-4-3-7-14-12/h9-13H,3-8H2,1-2H3. The third-order valence-electron chi connectivity index (χ3n) is 3.88. The number of piperidine rings is 1. The molecule has 14 heavy (non-hydrogen) atoms. The highest BCUT2D eigenvalue weighted by atomic mass is 16.5. The Morgan fingerprint density at radius 3 is 2.79 bits per heavy atom. The van der Waals surface area contributed by atoms with E-state index in [0.29, 0.717) is 6.10 Å². The molecule has 2 aliphatic heterocycles. The molecule has 0 saturated carbocycles. The first-order chi connectivity index (χ1) is 6.79. The maximum atomic E-state index is 5.85. The maximum absolute atomic E-state index is 5.85. The first kappa shape index (κ1) is 10.4. The third kappa shape index (κ3) is 2.12. The summed E-state index contributed by atoms with van der Waals surface area (Å²) in [6.07, 6.45) is 4.46. The van der Waals surface area contributed by atoms with Crippen molar-refractivity contribution in [1.29, 1.82) is 0 Å². The Kier molecular flexibility index (Phi) is 3.45. The molecule has 0 aromatic heterocycles. The minimum absolute atomic E-state index is 0.574. The van der Waals surface area contributed by atoms with Crippen molar-refractivity contribution in [3.8, 4) is 0 Å². The van der Waals surface area contributed by atoms with E-state index in [2.05, 4.69) is 19.2 Å². The van der Waals surface area contributed by atoms with Crippen LogP contribution >= 0.6 is 0 Å². The molecule has 2 nitrogen and oxygen atoms in total. The van der Waals surface area contributed by atoms with Crippen molar-refractivity contribution >= 4 is 0 Å². The summed E-state index contributed by atoms with van der Waals surface area (Å²) in [5, 5.41) is 3.51. The Hall–Kier alpha value is -0.0800. The van der Waals surface area contributed by atoms with Crippen LogP contribution in [-0.2, 0) is 4.74 Å². The van der Waals surface area contributed by atoms with Gasteiger partial charge in [0.05, 0.1) is 6.10 Å². The normalized spacial score (nSPS) is 39.2. The topological polar surface area (TPSA) is 21.3 Å². The van der Waals surface area contributed by atoms with Gasteiger partial charge in [0.1, 0.15) is 0 Å². The zero-order chi connectivity index (χ0) is 9.97. The number of hydrogen-bond acceptors (Lipinski definition) is 2. The Balaban J connectivity index is 1.98. The minimum Gasteiger partial charge on any atom is -0.378 e. The summed E-state index contributed by atoms with van der Waals surface area (Å²) in [4.78, 5) is 0. The minimum atomic E-state index is 0.574. The Morgan fingerprint density at radius 1 is 1.29 bits per heavy atom. The van der Waals surface area contributed by atoms with E-state index in [-0.39, 0.29) is 0 Å². The highest BCUT2D eigenvalue weighted by Gasteiger charge is 2.35. The van der Waals surface area contributed by atoms with Gasteiger partial charge in [-0.1, -0.05) is 13.8 Å². The molecule has 2 rings (SSSR count). The molecule has 2 saturated heterocycles. The van der Waals surface area contributed by atoms with Crippen molar-refractivity contribution in [3.05, 3.63) is 0 Å². The zero-order valence-electron chi connectivity index (χ0n) is 9.46. The van der Waals surface area contributed by atoms with Crippen LogP contribution in [0.15, 0.2) is 0 Å². The Bertz CT molecular complexity index is 175. The van der Waals surface area contributed by atoms with E-state index in [1.165, 1.54) is 32.4 Å². The predicted octanol–water partition coefficient (Wildman–Crippen LogP) is 2.05. The van der Waals surface area contributed by atoms with Crippen LogP contribution in [0, 0.1) is 17.8 Å². The monoisotopic (exact) mass is 197 g/mol. The van der Waals surface area contributed by atoms with E-state index >= 15 is 0 Å². The van der Waals surface area contributed by atoms with Gasteiger partial charge in [-0.3, -0.25) is 0 Å². The lowest BCUT2D eigenvalue weighted by Crippen LogP contribution is -2.43. The molecule has 3 unspecified atom stereocenters. The highest BCUT2D eigenvalue weighted by Crippen LogP contribution is 2.34. The van der Waals surface area contributed by atoms with E-state index in [1.54, 1.807) is 0 Å². The summed E-state index contributed by atoms with van der Waals surface area (Å²) in [6.45, 7) is 8.08. The van der Waals surface area contributed by atoms with E-state index in [1.807, 2.05) is 0 Å². The van der Waals surface area contributed by atoms with E-state index < -0.39 is 0 Å². The van der Waals surface area contributed by atoms with Gasteiger partial charge in [-0.05, 0) is 50.1 Å². The molecule has 0 aliphatic carbocycles. The first-order valence-electron chi connectivity index (χ1n) is 6.11. The van der Waals surface area contributed by atoms with Gasteiger partial charge in [-0.25, -0.2) is 0 Å². The van der Waals surface area contributed by atoms with Crippen LogP contribution in [0.25, 0.3) is 0 Å². The second kappa shape index (κ2) is 4.63. The van der Waals surface area contributed by atoms with Crippen LogP contribution in [0.4, 0.5) is 0 Å². The second-order valence-corrected chi connectivity index (χ2v) is 5.12. The molecule has 3 atom stereocenters. The van der Waals surface area contributed by atoms with Gasteiger partial charge in [-0.2, -0.15) is 0 Å². The van der Waals surface area contributed by atoms with Crippen LogP contribution in [0.5, 0.6) is 0 Å². The number of ether oxygens (including phenoxy) is 1. The molecule has 0 aromatic rings. The molecule has 82 valence electrons. The van der Waals surface area contributed by atoms with Gasteiger partial charge in [0.2, 0.25) is 0 Å². The largest absolute Gasteiger partial charge is 0.378 e. The summed E-state index contributed by atoms with van der Waals surface area (Å²) in [5.74, 6) is 2.43. The molecule has 2 fully saturated rings. The van der Waals surface area contributed by atoms with Crippen molar-refractivity contribution < 1.29 is 4.74 Å². The molecular weight excluding hydrogens is 174 g/mol. The fourth-order valence-electron chi connectivity index (χ4n) is 3.03. The highest BCUT2D eigenvalue weighted by molar-refractivity contribution is 4.86. The molecule has 2 heterocycles. The molecular formula is C12H23NO. The third-order valence-corrected chi connectivity index (χ3v) is 3.88. The number of nitrogens with one attached hydrogen (secondary N) is 1. The van der Waals surface area contributed by atoms with Crippen molar-refractivity contribution in [2.75, 3.05) is 19.7 Å². The summed E-state index contributed by atoms with van der Waals surface area (Å²) >= 11 is 0. The summed E-state index contributed by atoms with van der Waals surface area (Å²) in [5.41, 5.74) is 0. The smallest absolute Gasteiger partial charge is 0.0607 e. The van der Waals surface area contributed by atoms with Gasteiger partial charge in [-0.15, -0.1) is 0 Å². The van der Waals surface area contributed by atoms with Crippen molar-refractivity contribution in [2.45, 2.75) is 39.2 Å². The van der Waals surface area contributed by atoms with Crippen LogP contribution < -0.4 is 5.32 Å². The average molecular weight is 197 g/mol. The van der Waals surface area contributed by atoms with Crippen molar-refractivity contribution in [3.63, 3.8) is 0 Å². The van der Waals surface area contributed by atoms with Gasteiger partial charge < -0.3 is 10.1 Å². The summed E-state index contributed by atoms with van der Waals surface area (Å²) in [6, 6.07) is 0. The Morgan fingerprint density at radius 2 is 2.14 bits per heavy atom. The predicted molar refractivity (Wildman–Crippen MR) is 58.3 cm³/mol. The lowest BCUT2D eigenvalue weighted by Gasteiger charge is -2.38. The molecule has 2 heteroatoms. The van der Waals surface area contributed by atoms with Gasteiger partial charge >= 0.3 is 0 Å². The fraction of sp³-hybridized carbons (Fsp3) is 1.00. The SMILES string of the molecule is CC(C)C1CNCCC1C1CCCO1. The van der Waals surface area contributed by atoms with Crippen LogP contribution in [0.1, 0.15) is 33.1 Å².